The predicted octanol–water partition coefficient (Wildman–Crippen LogP) is 3.63. The molecule has 2 atom stereocenters. The van der Waals surface area contributed by atoms with Crippen molar-refractivity contribution in [3.8, 4) is 11.1 Å². The Hall–Kier alpha value is -3.35. The lowest BCUT2D eigenvalue weighted by atomic mass is 9.98. The van der Waals surface area contributed by atoms with Crippen LogP contribution in [0.2, 0.25) is 0 Å². The summed E-state index contributed by atoms with van der Waals surface area (Å²) in [6, 6.07) is 15.7. The fourth-order valence-corrected chi connectivity index (χ4v) is 4.53. The Labute approximate surface area is 187 Å². The van der Waals surface area contributed by atoms with Gasteiger partial charge in [0.2, 0.25) is 5.91 Å². The number of aliphatic carboxylic acids is 1. The number of carbonyl (C=O) groups excluding carboxylic acids is 2. The molecule has 2 amide bonds. The molecule has 2 aliphatic rings. The van der Waals surface area contributed by atoms with Crippen LogP contribution < -0.4 is 5.32 Å². The number of amides is 2. The summed E-state index contributed by atoms with van der Waals surface area (Å²) in [6.45, 7) is 3.08. The van der Waals surface area contributed by atoms with Crippen LogP contribution in [0.25, 0.3) is 11.1 Å². The normalized spacial score (nSPS) is 17.7. The van der Waals surface area contributed by atoms with Gasteiger partial charge in [-0.1, -0.05) is 55.5 Å². The van der Waals surface area contributed by atoms with Crippen molar-refractivity contribution >= 4 is 18.0 Å². The Balaban J connectivity index is 1.22. The van der Waals surface area contributed by atoms with Gasteiger partial charge in [-0.05, 0) is 41.0 Å². The number of benzene rings is 2. The lowest BCUT2D eigenvalue weighted by molar-refractivity contribution is -0.157. The van der Waals surface area contributed by atoms with E-state index in [0.717, 1.165) is 0 Å². The fourth-order valence-electron chi connectivity index (χ4n) is 4.53. The first-order valence-electron chi connectivity index (χ1n) is 11.1. The van der Waals surface area contributed by atoms with Crippen LogP contribution in [0, 0.1) is 5.92 Å². The van der Waals surface area contributed by atoms with Gasteiger partial charge < -0.3 is 20.1 Å². The molecule has 4 rings (SSSR count). The van der Waals surface area contributed by atoms with E-state index in [-0.39, 0.29) is 30.8 Å². The van der Waals surface area contributed by atoms with E-state index in [0.29, 0.717) is 25.9 Å². The van der Waals surface area contributed by atoms with Crippen LogP contribution in [-0.2, 0) is 14.3 Å². The molecule has 7 nitrogen and oxygen atoms in total. The van der Waals surface area contributed by atoms with Crippen LogP contribution in [0.4, 0.5) is 4.79 Å². The highest BCUT2D eigenvalue weighted by Crippen LogP contribution is 2.44. The molecular formula is C25H28N2O5. The third-order valence-corrected chi connectivity index (χ3v) is 6.40. The van der Waals surface area contributed by atoms with Crippen molar-refractivity contribution in [1.29, 1.82) is 0 Å². The molecule has 1 aliphatic carbocycles. The summed E-state index contributed by atoms with van der Waals surface area (Å²) in [5, 5.41) is 11.8. The molecule has 1 heterocycles. The third kappa shape index (κ3) is 4.47. The van der Waals surface area contributed by atoms with Gasteiger partial charge >= 0.3 is 12.1 Å². The van der Waals surface area contributed by atoms with Crippen molar-refractivity contribution in [3.63, 3.8) is 0 Å². The number of carboxylic acids is 1. The molecule has 1 saturated heterocycles. The van der Waals surface area contributed by atoms with E-state index in [1.165, 1.54) is 27.2 Å². The van der Waals surface area contributed by atoms with Gasteiger partial charge in [0, 0.05) is 25.4 Å². The van der Waals surface area contributed by atoms with Crippen molar-refractivity contribution in [2.45, 2.75) is 38.1 Å². The minimum absolute atomic E-state index is 0.0170. The van der Waals surface area contributed by atoms with E-state index in [1.807, 2.05) is 31.2 Å². The number of carbonyl (C=O) groups is 3. The lowest BCUT2D eigenvalue weighted by Gasteiger charge is -2.38. The first-order chi connectivity index (χ1) is 15.5. The second kappa shape index (κ2) is 9.42. The van der Waals surface area contributed by atoms with Gasteiger partial charge in [-0.3, -0.25) is 4.79 Å². The number of likely N-dealkylation sites (tertiary alicyclic amines) is 1. The lowest BCUT2D eigenvalue weighted by Crippen LogP contribution is -2.55. The zero-order valence-electron chi connectivity index (χ0n) is 18.1. The first kappa shape index (κ1) is 21.9. The third-order valence-electron chi connectivity index (χ3n) is 6.40. The van der Waals surface area contributed by atoms with E-state index in [1.54, 1.807) is 0 Å². The number of fused-ring (bicyclic) bond motifs is 3. The fraction of sp³-hybridized carbons (Fsp3) is 0.400. The SMILES string of the molecule is CC(CCNC(=O)OCC1c2ccccc2-c2ccccc21)CC(=O)N1CCC1C(=O)O. The second-order valence-corrected chi connectivity index (χ2v) is 8.58. The largest absolute Gasteiger partial charge is 0.480 e. The zero-order chi connectivity index (χ0) is 22.7. The van der Waals surface area contributed by atoms with Gasteiger partial charge in [0.15, 0.2) is 0 Å². The second-order valence-electron chi connectivity index (χ2n) is 8.58. The molecule has 2 unspecified atom stereocenters. The van der Waals surface area contributed by atoms with Gasteiger partial charge in [0.05, 0.1) is 0 Å². The summed E-state index contributed by atoms with van der Waals surface area (Å²) in [4.78, 5) is 37.0. The van der Waals surface area contributed by atoms with Crippen molar-refractivity contribution in [3.05, 3.63) is 59.7 Å². The molecule has 32 heavy (non-hydrogen) atoms. The maximum absolute atomic E-state index is 12.2. The summed E-state index contributed by atoms with van der Waals surface area (Å²) in [7, 11) is 0. The van der Waals surface area contributed by atoms with Crippen LogP contribution in [0.1, 0.15) is 43.2 Å². The smallest absolute Gasteiger partial charge is 0.407 e. The molecule has 2 aromatic carbocycles. The molecular weight excluding hydrogens is 408 g/mol. The van der Waals surface area contributed by atoms with Crippen LogP contribution >= 0.6 is 0 Å². The number of carboxylic acid groups (broad SMARTS) is 1. The molecule has 168 valence electrons. The van der Waals surface area contributed by atoms with E-state index in [9.17, 15) is 14.4 Å². The average Bonchev–Trinajstić information content (AvgIpc) is 3.05. The standard InChI is InChI=1S/C25H28N2O5/c1-16(14-23(28)27-13-11-22(27)24(29)30)10-12-26-25(31)32-15-21-19-8-4-2-6-17(19)18-7-3-5-9-20(18)21/h2-9,16,21-22H,10-15H2,1H3,(H,26,31)(H,29,30). The van der Waals surface area contributed by atoms with Crippen molar-refractivity contribution in [2.24, 2.45) is 5.92 Å². The molecule has 1 fully saturated rings. The Bertz CT molecular complexity index is 975. The summed E-state index contributed by atoms with van der Waals surface area (Å²) < 4.78 is 5.52. The van der Waals surface area contributed by atoms with Crippen molar-refractivity contribution < 1.29 is 24.2 Å². The van der Waals surface area contributed by atoms with Crippen molar-refractivity contribution in [2.75, 3.05) is 19.7 Å². The Morgan fingerprint density at radius 3 is 2.28 bits per heavy atom. The summed E-state index contributed by atoms with van der Waals surface area (Å²) in [5.74, 6) is -1.04. The molecule has 1 aliphatic heterocycles. The molecule has 7 heteroatoms. The highest BCUT2D eigenvalue weighted by atomic mass is 16.5. The number of alkyl carbamates (subject to hydrolysis) is 1. The number of hydrogen-bond donors (Lipinski definition) is 2. The van der Waals surface area contributed by atoms with Crippen LogP contribution in [-0.4, -0.2) is 53.7 Å². The number of rotatable bonds is 8. The molecule has 2 N–H and O–H groups in total. The average molecular weight is 437 g/mol. The van der Waals surface area contributed by atoms with Crippen LogP contribution in [0.5, 0.6) is 0 Å². The van der Waals surface area contributed by atoms with Gasteiger partial charge in [-0.15, -0.1) is 0 Å². The molecule has 0 spiro atoms. The van der Waals surface area contributed by atoms with E-state index < -0.39 is 18.1 Å². The molecule has 0 aromatic heterocycles. The molecule has 0 radical (unpaired) electrons. The zero-order valence-corrected chi connectivity index (χ0v) is 18.1. The van der Waals surface area contributed by atoms with Gasteiger partial charge in [0.1, 0.15) is 12.6 Å². The maximum atomic E-state index is 12.2. The highest BCUT2D eigenvalue weighted by Gasteiger charge is 2.37. The Morgan fingerprint density at radius 1 is 1.09 bits per heavy atom. The van der Waals surface area contributed by atoms with E-state index in [2.05, 4.69) is 29.6 Å². The number of hydrogen-bond acceptors (Lipinski definition) is 4. The topological polar surface area (TPSA) is 95.9 Å². The molecule has 0 saturated carbocycles. The van der Waals surface area contributed by atoms with Gasteiger partial charge in [0.25, 0.3) is 0 Å². The van der Waals surface area contributed by atoms with Crippen LogP contribution in [0.3, 0.4) is 0 Å². The van der Waals surface area contributed by atoms with Crippen molar-refractivity contribution in [1.82, 2.24) is 10.2 Å². The highest BCUT2D eigenvalue weighted by molar-refractivity contribution is 5.85. The molecule has 2 aromatic rings. The Kier molecular flexibility index (Phi) is 6.44. The monoisotopic (exact) mass is 436 g/mol. The summed E-state index contributed by atoms with van der Waals surface area (Å²) >= 11 is 0. The number of nitrogens with zero attached hydrogens (tertiary/aromatic N) is 1. The quantitative estimate of drug-likeness (QED) is 0.659. The number of nitrogens with one attached hydrogen (secondary N) is 1. The van der Waals surface area contributed by atoms with E-state index in [4.69, 9.17) is 9.84 Å². The van der Waals surface area contributed by atoms with Gasteiger partial charge in [-0.2, -0.15) is 0 Å². The Morgan fingerprint density at radius 2 is 1.72 bits per heavy atom. The maximum Gasteiger partial charge on any atom is 0.407 e. The molecule has 0 bridgehead atoms. The minimum atomic E-state index is -0.950. The van der Waals surface area contributed by atoms with Crippen LogP contribution in [0.15, 0.2) is 48.5 Å². The minimum Gasteiger partial charge on any atom is -0.480 e. The predicted molar refractivity (Wildman–Crippen MR) is 119 cm³/mol. The number of ether oxygens (including phenoxy) is 1. The van der Waals surface area contributed by atoms with Gasteiger partial charge in [-0.25, -0.2) is 9.59 Å². The summed E-state index contributed by atoms with van der Waals surface area (Å²) in [5.41, 5.74) is 4.70. The first-order valence-corrected chi connectivity index (χ1v) is 11.1. The van der Waals surface area contributed by atoms with E-state index >= 15 is 0 Å². The summed E-state index contributed by atoms with van der Waals surface area (Å²) in [6.07, 6.45) is 0.926.